The van der Waals surface area contributed by atoms with Crippen LogP contribution in [0.1, 0.15) is 43.6 Å². The van der Waals surface area contributed by atoms with Crippen molar-refractivity contribution in [3.63, 3.8) is 0 Å². The van der Waals surface area contributed by atoms with E-state index in [1.807, 2.05) is 24.3 Å². The Hall–Kier alpha value is -3.47. The van der Waals surface area contributed by atoms with Crippen LogP contribution in [0.15, 0.2) is 72.8 Å². The largest absolute Gasteiger partial charge is 0.497 e. The molecular weight excluding hydrogens is 450 g/mol. The number of nitrogens with zero attached hydrogens (tertiary/aromatic N) is 1. The van der Waals surface area contributed by atoms with Gasteiger partial charge in [0.05, 0.1) is 20.1 Å². The first-order valence-corrected chi connectivity index (χ1v) is 13.0. The summed E-state index contributed by atoms with van der Waals surface area (Å²) in [5, 5.41) is 9.34. The lowest BCUT2D eigenvalue weighted by Gasteiger charge is -2.35. The summed E-state index contributed by atoms with van der Waals surface area (Å²) in [6, 6.07) is 25.0. The topological polar surface area (TPSA) is 59.0 Å². The lowest BCUT2D eigenvalue weighted by atomic mass is 9.91. The van der Waals surface area contributed by atoms with Gasteiger partial charge in [0.15, 0.2) is 0 Å². The average molecular weight is 486 g/mol. The van der Waals surface area contributed by atoms with Crippen LogP contribution in [0.2, 0.25) is 0 Å². The molecule has 1 unspecified atom stereocenters. The highest BCUT2D eigenvalue weighted by molar-refractivity contribution is 5.80. The van der Waals surface area contributed by atoms with Gasteiger partial charge >= 0.3 is 5.97 Å². The summed E-state index contributed by atoms with van der Waals surface area (Å²) < 4.78 is 11.8. The van der Waals surface area contributed by atoms with Crippen molar-refractivity contribution < 1.29 is 19.4 Å². The zero-order chi connectivity index (χ0) is 24.9. The molecule has 0 spiro atoms. The maximum atomic E-state index is 11.4. The Morgan fingerprint density at radius 3 is 2.42 bits per heavy atom. The molecule has 0 amide bonds. The van der Waals surface area contributed by atoms with Crippen molar-refractivity contribution in [3.05, 3.63) is 78.4 Å². The highest BCUT2D eigenvalue weighted by atomic mass is 16.5. The summed E-state index contributed by atoms with van der Waals surface area (Å²) in [4.78, 5) is 13.8. The van der Waals surface area contributed by atoms with E-state index < -0.39 is 5.97 Å². The van der Waals surface area contributed by atoms with Crippen LogP contribution in [0.3, 0.4) is 0 Å². The molecule has 0 radical (unpaired) electrons. The number of carboxylic acid groups (broad SMARTS) is 1. The minimum absolute atomic E-state index is 0.0935. The Balaban J connectivity index is 1.21. The molecule has 1 saturated heterocycles. The zero-order valence-electron chi connectivity index (χ0n) is 20.9. The van der Waals surface area contributed by atoms with Gasteiger partial charge in [-0.15, -0.1) is 0 Å². The third-order valence-corrected chi connectivity index (χ3v) is 7.60. The van der Waals surface area contributed by atoms with Crippen molar-refractivity contribution >= 4 is 11.7 Å². The van der Waals surface area contributed by atoms with Crippen LogP contribution in [0, 0.1) is 11.8 Å². The molecule has 2 aliphatic rings. The molecule has 1 atom stereocenters. The van der Waals surface area contributed by atoms with Gasteiger partial charge in [0.2, 0.25) is 0 Å². The van der Waals surface area contributed by atoms with Crippen LogP contribution in [0.4, 0.5) is 5.69 Å². The van der Waals surface area contributed by atoms with Gasteiger partial charge in [0, 0.05) is 30.4 Å². The van der Waals surface area contributed by atoms with Gasteiger partial charge in [-0.05, 0) is 78.8 Å². The molecule has 188 valence electrons. The van der Waals surface area contributed by atoms with E-state index in [9.17, 15) is 9.90 Å². The molecule has 3 aromatic rings. The smallest absolute Gasteiger partial charge is 0.303 e. The SMILES string of the molecule is COc1ccc(-c2ccccc2)c(N2CCC(COc3cccc(C(CC(=O)O)C4CC4)c3)CC2)c1. The van der Waals surface area contributed by atoms with Crippen LogP contribution in [0.25, 0.3) is 11.1 Å². The average Bonchev–Trinajstić information content (AvgIpc) is 3.76. The molecule has 1 N–H and O–H groups in total. The fourth-order valence-electron chi connectivity index (χ4n) is 5.39. The van der Waals surface area contributed by atoms with Crippen molar-refractivity contribution in [2.24, 2.45) is 11.8 Å². The number of anilines is 1. The van der Waals surface area contributed by atoms with E-state index in [1.54, 1.807) is 7.11 Å². The second kappa shape index (κ2) is 11.1. The summed E-state index contributed by atoms with van der Waals surface area (Å²) in [7, 11) is 1.72. The van der Waals surface area contributed by atoms with Crippen molar-refractivity contribution in [1.29, 1.82) is 0 Å². The second-order valence-electron chi connectivity index (χ2n) is 10.1. The van der Waals surface area contributed by atoms with Crippen molar-refractivity contribution in [3.8, 4) is 22.6 Å². The summed E-state index contributed by atoms with van der Waals surface area (Å²) in [5.74, 6) is 2.09. The third kappa shape index (κ3) is 5.84. The number of piperidine rings is 1. The summed E-state index contributed by atoms with van der Waals surface area (Å²) in [5.41, 5.74) is 4.76. The molecule has 1 heterocycles. The Bertz CT molecular complexity index is 1170. The Labute approximate surface area is 213 Å². The summed E-state index contributed by atoms with van der Waals surface area (Å²) in [6.45, 7) is 2.64. The monoisotopic (exact) mass is 485 g/mol. The number of rotatable bonds is 10. The predicted octanol–water partition coefficient (Wildman–Crippen LogP) is 6.63. The van der Waals surface area contributed by atoms with Crippen LogP contribution in [0.5, 0.6) is 11.5 Å². The minimum atomic E-state index is -0.726. The van der Waals surface area contributed by atoms with Crippen molar-refractivity contribution in [2.75, 3.05) is 31.7 Å². The standard InChI is InChI=1S/C31H35NO4/c1-35-26-12-13-28(23-6-3-2-4-7-23)30(19-26)32-16-14-22(15-17-32)21-36-27-9-5-8-25(18-27)29(20-31(33)34)24-10-11-24/h2-9,12-13,18-19,22,24,29H,10-11,14-17,20-21H2,1H3,(H,33,34). The zero-order valence-corrected chi connectivity index (χ0v) is 20.9. The van der Waals surface area contributed by atoms with Crippen LogP contribution < -0.4 is 14.4 Å². The summed E-state index contributed by atoms with van der Waals surface area (Å²) in [6.07, 6.45) is 4.58. The quantitative estimate of drug-likeness (QED) is 0.349. The van der Waals surface area contributed by atoms with Gasteiger partial charge < -0.3 is 19.5 Å². The molecule has 1 saturated carbocycles. The number of carbonyl (C=O) groups is 1. The Kier molecular flexibility index (Phi) is 7.45. The van der Waals surface area contributed by atoms with Crippen LogP contribution >= 0.6 is 0 Å². The number of ether oxygens (including phenoxy) is 2. The summed E-state index contributed by atoms with van der Waals surface area (Å²) >= 11 is 0. The Morgan fingerprint density at radius 2 is 1.72 bits per heavy atom. The van der Waals surface area contributed by atoms with Gasteiger partial charge in [-0.25, -0.2) is 0 Å². The molecule has 36 heavy (non-hydrogen) atoms. The number of aliphatic carboxylic acids is 1. The maximum absolute atomic E-state index is 11.4. The second-order valence-corrected chi connectivity index (χ2v) is 10.1. The van der Waals surface area contributed by atoms with Gasteiger partial charge in [-0.3, -0.25) is 4.79 Å². The van der Waals surface area contributed by atoms with E-state index in [2.05, 4.69) is 53.4 Å². The molecule has 5 nitrogen and oxygen atoms in total. The minimum Gasteiger partial charge on any atom is -0.497 e. The normalized spacial score (nSPS) is 17.0. The van der Waals surface area contributed by atoms with Crippen molar-refractivity contribution in [2.45, 2.75) is 38.0 Å². The first kappa shape index (κ1) is 24.2. The number of methoxy groups -OCH3 is 1. The molecule has 0 aromatic heterocycles. The van der Waals surface area contributed by atoms with Gasteiger partial charge in [0.25, 0.3) is 0 Å². The van der Waals surface area contributed by atoms with E-state index in [0.717, 1.165) is 55.8 Å². The van der Waals surface area contributed by atoms with Gasteiger partial charge in [-0.1, -0.05) is 42.5 Å². The molecule has 5 rings (SSSR count). The van der Waals surface area contributed by atoms with Gasteiger partial charge in [0.1, 0.15) is 11.5 Å². The van der Waals surface area contributed by atoms with E-state index in [0.29, 0.717) is 18.4 Å². The van der Waals surface area contributed by atoms with E-state index in [-0.39, 0.29) is 12.3 Å². The number of carboxylic acids is 1. The van der Waals surface area contributed by atoms with Gasteiger partial charge in [-0.2, -0.15) is 0 Å². The highest BCUT2D eigenvalue weighted by Crippen LogP contribution is 2.45. The fraction of sp³-hybridized carbons (Fsp3) is 0.387. The Morgan fingerprint density at radius 1 is 0.944 bits per heavy atom. The number of benzene rings is 3. The maximum Gasteiger partial charge on any atom is 0.303 e. The van der Waals surface area contributed by atoms with Crippen molar-refractivity contribution in [1.82, 2.24) is 0 Å². The third-order valence-electron chi connectivity index (χ3n) is 7.60. The van der Waals surface area contributed by atoms with Crippen LogP contribution in [-0.4, -0.2) is 37.9 Å². The molecule has 1 aliphatic carbocycles. The predicted molar refractivity (Wildman–Crippen MR) is 143 cm³/mol. The molecule has 0 bridgehead atoms. The molecule has 5 heteroatoms. The first-order valence-electron chi connectivity index (χ1n) is 13.0. The first-order chi connectivity index (χ1) is 17.6. The van der Waals surface area contributed by atoms with E-state index in [4.69, 9.17) is 9.47 Å². The van der Waals surface area contributed by atoms with E-state index >= 15 is 0 Å². The van der Waals surface area contributed by atoms with E-state index in [1.165, 1.54) is 16.8 Å². The van der Waals surface area contributed by atoms with Crippen LogP contribution in [-0.2, 0) is 4.79 Å². The number of hydrogen-bond acceptors (Lipinski definition) is 4. The molecule has 2 fully saturated rings. The lowest BCUT2D eigenvalue weighted by Crippen LogP contribution is -2.35. The number of hydrogen-bond donors (Lipinski definition) is 1. The fourth-order valence-corrected chi connectivity index (χ4v) is 5.39. The highest BCUT2D eigenvalue weighted by Gasteiger charge is 2.34. The lowest BCUT2D eigenvalue weighted by molar-refractivity contribution is -0.137. The molecule has 3 aromatic carbocycles. The molecule has 1 aliphatic heterocycles. The molecular formula is C31H35NO4.